The molecule has 0 aliphatic carbocycles. The summed E-state index contributed by atoms with van der Waals surface area (Å²) in [5.74, 6) is 0.0831. The molecule has 0 bridgehead atoms. The van der Waals surface area contributed by atoms with Gasteiger partial charge in [-0.05, 0) is 18.5 Å². The van der Waals surface area contributed by atoms with Gasteiger partial charge in [-0.15, -0.1) is 11.3 Å². The zero-order valence-corrected chi connectivity index (χ0v) is 8.40. The Balaban J connectivity index is 2.70. The van der Waals surface area contributed by atoms with Gasteiger partial charge in [-0.3, -0.25) is 0 Å². The predicted octanol–water partition coefficient (Wildman–Crippen LogP) is 2.03. The summed E-state index contributed by atoms with van der Waals surface area (Å²) >= 11 is 7.18. The number of aliphatic hydroxyl groups excluding tert-OH is 1. The van der Waals surface area contributed by atoms with Gasteiger partial charge in [-0.25, -0.2) is 0 Å². The minimum Gasteiger partial charge on any atom is -0.387 e. The fourth-order valence-electron chi connectivity index (χ4n) is 0.893. The summed E-state index contributed by atoms with van der Waals surface area (Å²) < 4.78 is 0. The molecule has 0 fully saturated rings. The minimum absolute atomic E-state index is 0.0831. The largest absolute Gasteiger partial charge is 0.387 e. The van der Waals surface area contributed by atoms with Gasteiger partial charge in [0.15, 0.2) is 0 Å². The fourth-order valence-corrected chi connectivity index (χ4v) is 2.09. The summed E-state index contributed by atoms with van der Waals surface area (Å²) in [4.78, 5) is 0.887. The first-order valence-corrected chi connectivity index (χ1v) is 5.03. The van der Waals surface area contributed by atoms with E-state index in [9.17, 15) is 5.11 Å². The van der Waals surface area contributed by atoms with Gasteiger partial charge in [0.2, 0.25) is 0 Å². The summed E-state index contributed by atoms with van der Waals surface area (Å²) in [7, 11) is 0. The molecule has 2 nitrogen and oxygen atoms in total. The molecule has 2 atom stereocenters. The number of hydrogen-bond donors (Lipinski definition) is 2. The lowest BCUT2D eigenvalue weighted by Gasteiger charge is -2.14. The molecule has 68 valence electrons. The predicted molar refractivity (Wildman–Crippen MR) is 52.5 cm³/mol. The molecule has 3 N–H and O–H groups in total. The van der Waals surface area contributed by atoms with Crippen LogP contribution in [0.5, 0.6) is 0 Å². The zero-order valence-electron chi connectivity index (χ0n) is 6.83. The third kappa shape index (κ3) is 2.20. The number of rotatable bonds is 3. The van der Waals surface area contributed by atoms with E-state index in [0.717, 1.165) is 4.88 Å². The van der Waals surface area contributed by atoms with Crippen molar-refractivity contribution >= 4 is 22.9 Å². The van der Waals surface area contributed by atoms with Crippen LogP contribution in [0, 0.1) is 5.92 Å². The maximum absolute atomic E-state index is 9.67. The van der Waals surface area contributed by atoms with Gasteiger partial charge in [0.05, 0.1) is 11.1 Å². The number of aliphatic hydroxyl groups is 1. The molecule has 0 spiro atoms. The van der Waals surface area contributed by atoms with E-state index in [1.807, 2.05) is 12.3 Å². The van der Waals surface area contributed by atoms with Gasteiger partial charge >= 0.3 is 0 Å². The molecule has 1 aromatic rings. The summed E-state index contributed by atoms with van der Waals surface area (Å²) in [5.41, 5.74) is 5.43. The van der Waals surface area contributed by atoms with Crippen LogP contribution in [0.1, 0.15) is 17.9 Å². The summed E-state index contributed by atoms with van der Waals surface area (Å²) in [6, 6.07) is 1.78. The van der Waals surface area contributed by atoms with E-state index in [0.29, 0.717) is 11.6 Å². The van der Waals surface area contributed by atoms with Crippen molar-refractivity contribution in [3.63, 3.8) is 0 Å². The first-order chi connectivity index (χ1) is 5.65. The van der Waals surface area contributed by atoms with E-state index in [2.05, 4.69) is 0 Å². The SMILES string of the molecule is CC(CN)C(O)c1cc(Cl)cs1. The quantitative estimate of drug-likeness (QED) is 0.794. The molecule has 2 unspecified atom stereocenters. The average molecular weight is 206 g/mol. The van der Waals surface area contributed by atoms with Crippen LogP contribution in [-0.4, -0.2) is 11.7 Å². The van der Waals surface area contributed by atoms with Crippen molar-refractivity contribution in [2.75, 3.05) is 6.54 Å². The molecule has 1 aromatic heterocycles. The molecule has 4 heteroatoms. The Kier molecular flexibility index (Phi) is 3.53. The van der Waals surface area contributed by atoms with E-state index >= 15 is 0 Å². The lowest BCUT2D eigenvalue weighted by Crippen LogP contribution is -2.17. The van der Waals surface area contributed by atoms with Gasteiger partial charge in [-0.1, -0.05) is 18.5 Å². The van der Waals surface area contributed by atoms with Crippen LogP contribution in [0.25, 0.3) is 0 Å². The van der Waals surface area contributed by atoms with Crippen molar-refractivity contribution in [3.05, 3.63) is 21.3 Å². The standard InChI is InChI=1S/C8H12ClNOS/c1-5(3-10)8(11)7-2-6(9)4-12-7/h2,4-5,8,11H,3,10H2,1H3. The van der Waals surface area contributed by atoms with Crippen molar-refractivity contribution in [3.8, 4) is 0 Å². The third-order valence-corrected chi connectivity index (χ3v) is 3.14. The average Bonchev–Trinajstić information content (AvgIpc) is 2.49. The first-order valence-electron chi connectivity index (χ1n) is 3.77. The van der Waals surface area contributed by atoms with Crippen LogP contribution in [0.15, 0.2) is 11.4 Å². The maximum Gasteiger partial charge on any atom is 0.0919 e. The van der Waals surface area contributed by atoms with Crippen LogP contribution in [0.3, 0.4) is 0 Å². The first kappa shape index (κ1) is 9.99. The van der Waals surface area contributed by atoms with E-state index in [1.54, 1.807) is 6.07 Å². The minimum atomic E-state index is -0.479. The summed E-state index contributed by atoms with van der Waals surface area (Å²) in [5, 5.41) is 12.2. The topological polar surface area (TPSA) is 46.2 Å². The summed E-state index contributed by atoms with van der Waals surface area (Å²) in [6.45, 7) is 2.40. The molecule has 0 saturated heterocycles. The van der Waals surface area contributed by atoms with Crippen molar-refractivity contribution in [1.82, 2.24) is 0 Å². The third-order valence-electron chi connectivity index (χ3n) is 1.79. The second kappa shape index (κ2) is 4.23. The molecule has 0 aliphatic heterocycles. The lowest BCUT2D eigenvalue weighted by molar-refractivity contribution is 0.125. The fraction of sp³-hybridized carbons (Fsp3) is 0.500. The van der Waals surface area contributed by atoms with Crippen LogP contribution < -0.4 is 5.73 Å². The number of hydrogen-bond acceptors (Lipinski definition) is 3. The molecule has 0 aliphatic rings. The molecule has 0 amide bonds. The zero-order chi connectivity index (χ0) is 9.14. The summed E-state index contributed by atoms with van der Waals surface area (Å²) in [6.07, 6.45) is -0.479. The second-order valence-electron chi connectivity index (χ2n) is 2.83. The Morgan fingerprint density at radius 1 is 1.75 bits per heavy atom. The molecule has 1 rings (SSSR count). The molecular formula is C8H12ClNOS. The molecule has 12 heavy (non-hydrogen) atoms. The van der Waals surface area contributed by atoms with Gasteiger partial charge in [0.25, 0.3) is 0 Å². The van der Waals surface area contributed by atoms with E-state index < -0.39 is 6.10 Å². The van der Waals surface area contributed by atoms with Gasteiger partial charge < -0.3 is 10.8 Å². The smallest absolute Gasteiger partial charge is 0.0919 e. The highest BCUT2D eigenvalue weighted by Gasteiger charge is 2.16. The van der Waals surface area contributed by atoms with Gasteiger partial charge in [0.1, 0.15) is 0 Å². The Labute approximate surface area is 81.0 Å². The highest BCUT2D eigenvalue weighted by Crippen LogP contribution is 2.29. The number of nitrogens with two attached hydrogens (primary N) is 1. The van der Waals surface area contributed by atoms with E-state index in [-0.39, 0.29) is 5.92 Å². The Bertz CT molecular complexity index is 251. The molecular weight excluding hydrogens is 194 g/mol. The highest BCUT2D eigenvalue weighted by molar-refractivity contribution is 7.10. The van der Waals surface area contributed by atoms with E-state index in [4.69, 9.17) is 17.3 Å². The Morgan fingerprint density at radius 2 is 2.42 bits per heavy atom. The normalized spacial score (nSPS) is 16.0. The Morgan fingerprint density at radius 3 is 2.83 bits per heavy atom. The van der Waals surface area contributed by atoms with Crippen molar-refractivity contribution in [2.24, 2.45) is 11.7 Å². The van der Waals surface area contributed by atoms with E-state index in [1.165, 1.54) is 11.3 Å². The molecule has 0 saturated carbocycles. The van der Waals surface area contributed by atoms with Crippen molar-refractivity contribution < 1.29 is 5.11 Å². The molecule has 1 heterocycles. The highest BCUT2D eigenvalue weighted by atomic mass is 35.5. The molecule has 0 radical (unpaired) electrons. The number of thiophene rings is 1. The van der Waals surface area contributed by atoms with Gasteiger partial charge in [0, 0.05) is 10.3 Å². The van der Waals surface area contributed by atoms with Crippen LogP contribution in [0.2, 0.25) is 5.02 Å². The van der Waals surface area contributed by atoms with Crippen LogP contribution >= 0.6 is 22.9 Å². The Hall–Kier alpha value is -0.0900. The van der Waals surface area contributed by atoms with Crippen molar-refractivity contribution in [1.29, 1.82) is 0 Å². The van der Waals surface area contributed by atoms with Crippen LogP contribution in [-0.2, 0) is 0 Å². The monoisotopic (exact) mass is 205 g/mol. The maximum atomic E-state index is 9.67. The van der Waals surface area contributed by atoms with Crippen molar-refractivity contribution in [2.45, 2.75) is 13.0 Å². The second-order valence-corrected chi connectivity index (χ2v) is 4.20. The lowest BCUT2D eigenvalue weighted by atomic mass is 10.0. The van der Waals surface area contributed by atoms with Crippen LogP contribution in [0.4, 0.5) is 0 Å². The molecule has 0 aromatic carbocycles. The number of halogens is 1. The van der Waals surface area contributed by atoms with Gasteiger partial charge in [-0.2, -0.15) is 0 Å².